The second-order valence-corrected chi connectivity index (χ2v) is 6.17. The molecular weight excluding hydrogens is 270 g/mol. The molecule has 0 aliphatic carbocycles. The predicted octanol–water partition coefficient (Wildman–Crippen LogP) is 2.35. The number of urea groups is 1. The summed E-state index contributed by atoms with van der Waals surface area (Å²) in [5, 5.41) is 5.56. The van der Waals surface area contributed by atoms with Gasteiger partial charge in [0.2, 0.25) is 0 Å². The lowest BCUT2D eigenvalue weighted by Gasteiger charge is -2.30. The minimum atomic E-state index is -0.495. The average Bonchev–Trinajstić information content (AvgIpc) is 2.35. The summed E-state index contributed by atoms with van der Waals surface area (Å²) in [7, 11) is 1.69. The third-order valence-corrected chi connectivity index (χ3v) is 3.05. The van der Waals surface area contributed by atoms with E-state index in [1.54, 1.807) is 32.2 Å². The highest BCUT2D eigenvalue weighted by molar-refractivity contribution is 6.00. The summed E-state index contributed by atoms with van der Waals surface area (Å²) in [6, 6.07) is 4.93. The van der Waals surface area contributed by atoms with Gasteiger partial charge < -0.3 is 20.3 Å². The van der Waals surface area contributed by atoms with Gasteiger partial charge in [-0.3, -0.25) is 4.79 Å². The quantitative estimate of drug-likeness (QED) is 0.834. The van der Waals surface area contributed by atoms with Crippen LogP contribution in [0.5, 0.6) is 5.75 Å². The number of rotatable bonds is 1. The Morgan fingerprint density at radius 1 is 1.33 bits per heavy atom. The summed E-state index contributed by atoms with van der Waals surface area (Å²) in [6.07, 6.45) is -0.495. The SMILES string of the molecule is CC1Oc2ccc(NC(=O)NC(C)(C)C)cc2N(C)C1=O. The molecule has 1 atom stereocenters. The number of nitrogens with one attached hydrogen (secondary N) is 2. The molecule has 1 unspecified atom stereocenters. The fraction of sp³-hybridized carbons (Fsp3) is 0.467. The van der Waals surface area contributed by atoms with Crippen LogP contribution >= 0.6 is 0 Å². The highest BCUT2D eigenvalue weighted by Gasteiger charge is 2.29. The summed E-state index contributed by atoms with van der Waals surface area (Å²) < 4.78 is 5.54. The number of fused-ring (bicyclic) bond motifs is 1. The minimum Gasteiger partial charge on any atom is -0.479 e. The molecule has 0 aromatic heterocycles. The first-order chi connectivity index (χ1) is 9.67. The van der Waals surface area contributed by atoms with E-state index in [2.05, 4.69) is 10.6 Å². The molecule has 1 aliphatic rings. The van der Waals surface area contributed by atoms with Crippen LogP contribution in [0.25, 0.3) is 0 Å². The van der Waals surface area contributed by atoms with Crippen molar-refractivity contribution in [3.63, 3.8) is 0 Å². The highest BCUT2D eigenvalue weighted by atomic mass is 16.5. The van der Waals surface area contributed by atoms with E-state index < -0.39 is 6.10 Å². The Hall–Kier alpha value is -2.24. The number of nitrogens with zero attached hydrogens (tertiary/aromatic N) is 1. The largest absolute Gasteiger partial charge is 0.479 e. The summed E-state index contributed by atoms with van der Waals surface area (Å²) in [6.45, 7) is 7.42. The third-order valence-electron chi connectivity index (χ3n) is 3.05. The molecule has 1 aliphatic heterocycles. The Morgan fingerprint density at radius 2 is 2.00 bits per heavy atom. The van der Waals surface area contributed by atoms with Gasteiger partial charge in [-0.1, -0.05) is 0 Å². The standard InChI is InChI=1S/C15H21N3O3/c1-9-13(19)18(5)11-8-10(6-7-12(11)21-9)16-14(20)17-15(2,3)4/h6-9H,1-5H3,(H2,16,17,20). The van der Waals surface area contributed by atoms with Crippen LogP contribution in [0.15, 0.2) is 18.2 Å². The third kappa shape index (κ3) is 3.45. The number of benzene rings is 1. The number of hydrogen-bond acceptors (Lipinski definition) is 3. The topological polar surface area (TPSA) is 70.7 Å². The van der Waals surface area contributed by atoms with Gasteiger partial charge >= 0.3 is 6.03 Å². The maximum atomic E-state index is 11.9. The van der Waals surface area contributed by atoms with Gasteiger partial charge in [0.15, 0.2) is 6.10 Å². The molecule has 6 nitrogen and oxygen atoms in total. The van der Waals surface area contributed by atoms with Gasteiger partial charge in [-0.15, -0.1) is 0 Å². The molecular formula is C15H21N3O3. The van der Waals surface area contributed by atoms with E-state index in [1.807, 2.05) is 20.8 Å². The van der Waals surface area contributed by atoms with Crippen LogP contribution in [-0.4, -0.2) is 30.6 Å². The Kier molecular flexibility index (Phi) is 3.80. The summed E-state index contributed by atoms with van der Waals surface area (Å²) in [5.41, 5.74) is 0.934. The van der Waals surface area contributed by atoms with E-state index in [-0.39, 0.29) is 17.5 Å². The van der Waals surface area contributed by atoms with Crippen molar-refractivity contribution < 1.29 is 14.3 Å². The number of anilines is 2. The van der Waals surface area contributed by atoms with Gasteiger partial charge in [-0.25, -0.2) is 4.79 Å². The van der Waals surface area contributed by atoms with Crippen LogP contribution in [0.1, 0.15) is 27.7 Å². The van der Waals surface area contributed by atoms with Gasteiger partial charge in [0.05, 0.1) is 5.69 Å². The van der Waals surface area contributed by atoms with E-state index in [1.165, 1.54) is 4.90 Å². The monoisotopic (exact) mass is 291 g/mol. The zero-order chi connectivity index (χ0) is 15.8. The molecule has 1 aromatic carbocycles. The van der Waals surface area contributed by atoms with Crippen LogP contribution in [-0.2, 0) is 4.79 Å². The van der Waals surface area contributed by atoms with E-state index in [4.69, 9.17) is 4.74 Å². The second-order valence-electron chi connectivity index (χ2n) is 6.17. The Morgan fingerprint density at radius 3 is 2.62 bits per heavy atom. The summed E-state index contributed by atoms with van der Waals surface area (Å²) >= 11 is 0. The zero-order valence-electron chi connectivity index (χ0n) is 13.0. The van der Waals surface area contributed by atoms with E-state index in [9.17, 15) is 9.59 Å². The molecule has 1 heterocycles. The highest BCUT2D eigenvalue weighted by Crippen LogP contribution is 2.35. The Balaban J connectivity index is 2.18. The molecule has 0 spiro atoms. The maximum absolute atomic E-state index is 11.9. The van der Waals surface area contributed by atoms with Crippen LogP contribution in [0.2, 0.25) is 0 Å². The number of ether oxygens (including phenoxy) is 1. The lowest BCUT2D eigenvalue weighted by molar-refractivity contribution is -0.125. The predicted molar refractivity (Wildman–Crippen MR) is 81.8 cm³/mol. The van der Waals surface area contributed by atoms with Gasteiger partial charge in [-0.2, -0.15) is 0 Å². The molecule has 2 rings (SSSR count). The molecule has 3 amide bonds. The lowest BCUT2D eigenvalue weighted by Crippen LogP contribution is -2.43. The van der Waals surface area contributed by atoms with Crippen molar-refractivity contribution >= 4 is 23.3 Å². The van der Waals surface area contributed by atoms with Crippen molar-refractivity contribution in [1.29, 1.82) is 0 Å². The first kappa shape index (κ1) is 15.2. The molecule has 114 valence electrons. The van der Waals surface area contributed by atoms with E-state index >= 15 is 0 Å². The lowest BCUT2D eigenvalue weighted by atomic mass is 10.1. The minimum absolute atomic E-state index is 0.112. The fourth-order valence-corrected chi connectivity index (χ4v) is 2.09. The van der Waals surface area contributed by atoms with Crippen molar-refractivity contribution in [2.45, 2.75) is 39.3 Å². The molecule has 0 bridgehead atoms. The molecule has 6 heteroatoms. The van der Waals surface area contributed by atoms with Crippen LogP contribution in [0.3, 0.4) is 0 Å². The van der Waals surface area contributed by atoms with Crippen LogP contribution in [0, 0.1) is 0 Å². The molecule has 21 heavy (non-hydrogen) atoms. The van der Waals surface area contributed by atoms with Gasteiger partial charge in [-0.05, 0) is 45.9 Å². The molecule has 0 saturated heterocycles. The zero-order valence-corrected chi connectivity index (χ0v) is 13.0. The summed E-state index contributed by atoms with van der Waals surface area (Å²) in [5.74, 6) is 0.519. The van der Waals surface area contributed by atoms with Crippen molar-refractivity contribution in [2.75, 3.05) is 17.3 Å². The van der Waals surface area contributed by atoms with Crippen molar-refractivity contribution in [2.24, 2.45) is 0 Å². The Labute approximate surface area is 124 Å². The first-order valence-corrected chi connectivity index (χ1v) is 6.85. The first-order valence-electron chi connectivity index (χ1n) is 6.85. The molecule has 0 fully saturated rings. The second kappa shape index (κ2) is 5.27. The number of carbonyl (C=O) groups excluding carboxylic acids is 2. The van der Waals surface area contributed by atoms with Crippen LogP contribution in [0.4, 0.5) is 16.2 Å². The number of likely N-dealkylation sites (N-methyl/N-ethyl adjacent to an activating group) is 1. The molecule has 2 N–H and O–H groups in total. The van der Waals surface area contributed by atoms with Gasteiger partial charge in [0.25, 0.3) is 5.91 Å². The fourth-order valence-electron chi connectivity index (χ4n) is 2.09. The maximum Gasteiger partial charge on any atom is 0.319 e. The molecule has 1 aromatic rings. The number of amides is 3. The smallest absolute Gasteiger partial charge is 0.319 e. The summed E-state index contributed by atoms with van der Waals surface area (Å²) in [4.78, 5) is 25.3. The average molecular weight is 291 g/mol. The number of carbonyl (C=O) groups is 2. The van der Waals surface area contributed by atoms with Gasteiger partial charge in [0, 0.05) is 18.3 Å². The molecule has 0 saturated carbocycles. The Bertz CT molecular complexity index is 578. The number of hydrogen-bond donors (Lipinski definition) is 2. The van der Waals surface area contributed by atoms with Crippen LogP contribution < -0.4 is 20.3 Å². The molecule has 0 radical (unpaired) electrons. The normalized spacial score (nSPS) is 17.9. The van der Waals surface area contributed by atoms with Crippen molar-refractivity contribution in [1.82, 2.24) is 5.32 Å². The van der Waals surface area contributed by atoms with E-state index in [0.29, 0.717) is 17.1 Å². The van der Waals surface area contributed by atoms with E-state index in [0.717, 1.165) is 0 Å². The van der Waals surface area contributed by atoms with Crippen molar-refractivity contribution in [3.8, 4) is 5.75 Å². The van der Waals surface area contributed by atoms with Crippen molar-refractivity contribution in [3.05, 3.63) is 18.2 Å². The van der Waals surface area contributed by atoms with Gasteiger partial charge in [0.1, 0.15) is 5.75 Å².